The molecule has 0 bridgehead atoms. The molecular weight excluding hydrogens is 329 g/mol. The summed E-state index contributed by atoms with van der Waals surface area (Å²) in [7, 11) is 0. The number of amides is 1. The number of likely N-dealkylation sites (tertiary alicyclic amines) is 2. The molecule has 2 heterocycles. The molecule has 2 saturated heterocycles. The molecule has 3 nitrogen and oxygen atoms in total. The van der Waals surface area contributed by atoms with Crippen molar-refractivity contribution in [1.82, 2.24) is 9.80 Å². The van der Waals surface area contributed by atoms with Crippen molar-refractivity contribution in [2.45, 2.75) is 37.9 Å². The minimum atomic E-state index is -4.34. The largest absolute Gasteiger partial charge is 0.416 e. The Morgan fingerprint density at radius 2 is 1.76 bits per heavy atom. The molecule has 2 aliphatic heterocycles. The summed E-state index contributed by atoms with van der Waals surface area (Å²) in [6.45, 7) is 3.91. The highest BCUT2D eigenvalue weighted by atomic mass is 19.4. The average molecular weight is 352 g/mol. The topological polar surface area (TPSA) is 23.6 Å². The third-order valence-corrected chi connectivity index (χ3v) is 4.98. The normalized spacial score (nSPS) is 22.2. The Balaban J connectivity index is 1.59. The molecule has 1 amide bonds. The van der Waals surface area contributed by atoms with Crippen LogP contribution >= 0.6 is 0 Å². The van der Waals surface area contributed by atoms with Gasteiger partial charge < -0.3 is 9.80 Å². The van der Waals surface area contributed by atoms with Gasteiger partial charge in [-0.15, -0.1) is 0 Å². The van der Waals surface area contributed by atoms with Crippen LogP contribution in [0.15, 0.2) is 30.3 Å². The van der Waals surface area contributed by atoms with Gasteiger partial charge >= 0.3 is 6.18 Å². The van der Waals surface area contributed by atoms with Crippen LogP contribution in [0.2, 0.25) is 0 Å². The molecule has 1 aromatic rings. The van der Waals surface area contributed by atoms with E-state index in [0.29, 0.717) is 5.56 Å². The van der Waals surface area contributed by atoms with Crippen LogP contribution in [-0.2, 0) is 11.0 Å². The fraction of sp³-hybridized carbons (Fsp3) is 0.526. The van der Waals surface area contributed by atoms with Crippen LogP contribution in [0, 0.1) is 0 Å². The van der Waals surface area contributed by atoms with Gasteiger partial charge in [-0.2, -0.15) is 13.2 Å². The Kier molecular flexibility index (Phi) is 5.47. The zero-order valence-electron chi connectivity index (χ0n) is 14.1. The summed E-state index contributed by atoms with van der Waals surface area (Å²) in [6, 6.07) is 5.10. The number of benzene rings is 1. The second-order valence-corrected chi connectivity index (χ2v) is 6.79. The third kappa shape index (κ3) is 4.63. The van der Waals surface area contributed by atoms with E-state index in [1.165, 1.54) is 31.1 Å². The van der Waals surface area contributed by atoms with Gasteiger partial charge in [0.25, 0.3) is 0 Å². The lowest BCUT2D eigenvalue weighted by atomic mass is 10.1. The van der Waals surface area contributed by atoms with E-state index in [0.717, 1.165) is 51.2 Å². The van der Waals surface area contributed by atoms with E-state index < -0.39 is 11.7 Å². The summed E-state index contributed by atoms with van der Waals surface area (Å²) in [5.74, 6) is -0.0541. The number of hydrogen-bond donors (Lipinski definition) is 0. The quantitative estimate of drug-likeness (QED) is 0.770. The van der Waals surface area contributed by atoms with Crippen LogP contribution in [0.3, 0.4) is 0 Å². The van der Waals surface area contributed by atoms with Crippen molar-refractivity contribution in [2.75, 3.05) is 26.2 Å². The van der Waals surface area contributed by atoms with Crippen molar-refractivity contribution in [1.29, 1.82) is 0 Å². The highest BCUT2D eigenvalue weighted by molar-refractivity contribution is 5.92. The van der Waals surface area contributed by atoms with E-state index in [4.69, 9.17) is 0 Å². The van der Waals surface area contributed by atoms with Crippen LogP contribution < -0.4 is 0 Å². The van der Waals surface area contributed by atoms with E-state index in [9.17, 15) is 18.0 Å². The number of hydrogen-bond acceptors (Lipinski definition) is 2. The molecule has 0 spiro atoms. The van der Waals surface area contributed by atoms with Gasteiger partial charge in [0.05, 0.1) is 5.56 Å². The fourth-order valence-electron chi connectivity index (χ4n) is 3.63. The van der Waals surface area contributed by atoms with E-state index in [1.54, 1.807) is 6.08 Å². The Hall–Kier alpha value is -1.82. The third-order valence-electron chi connectivity index (χ3n) is 4.98. The van der Waals surface area contributed by atoms with Gasteiger partial charge in [0.15, 0.2) is 0 Å². The first-order valence-corrected chi connectivity index (χ1v) is 8.82. The van der Waals surface area contributed by atoms with Gasteiger partial charge in [0.2, 0.25) is 5.91 Å². The lowest BCUT2D eigenvalue weighted by Crippen LogP contribution is -2.41. The van der Waals surface area contributed by atoms with Crippen LogP contribution in [-0.4, -0.2) is 47.9 Å². The van der Waals surface area contributed by atoms with Crippen molar-refractivity contribution < 1.29 is 18.0 Å². The van der Waals surface area contributed by atoms with Gasteiger partial charge in [-0.1, -0.05) is 12.1 Å². The molecule has 0 aromatic heterocycles. The maximum Gasteiger partial charge on any atom is 0.416 e. The van der Waals surface area contributed by atoms with Gasteiger partial charge in [-0.25, -0.2) is 0 Å². The molecule has 2 fully saturated rings. The van der Waals surface area contributed by atoms with Crippen molar-refractivity contribution >= 4 is 12.0 Å². The van der Waals surface area contributed by atoms with Gasteiger partial charge in [-0.05, 0) is 62.5 Å². The Morgan fingerprint density at radius 1 is 1.08 bits per heavy atom. The number of alkyl halides is 3. The summed E-state index contributed by atoms with van der Waals surface area (Å²) >= 11 is 0. The van der Waals surface area contributed by atoms with E-state index >= 15 is 0 Å². The Bertz CT molecular complexity index is 619. The van der Waals surface area contributed by atoms with Crippen molar-refractivity contribution in [3.63, 3.8) is 0 Å². The highest BCUT2D eigenvalue weighted by Gasteiger charge is 2.30. The van der Waals surface area contributed by atoms with Crippen molar-refractivity contribution in [2.24, 2.45) is 0 Å². The lowest BCUT2D eigenvalue weighted by Gasteiger charge is -2.27. The van der Waals surface area contributed by atoms with Crippen LogP contribution in [0.5, 0.6) is 0 Å². The van der Waals surface area contributed by atoms with E-state index in [2.05, 4.69) is 4.90 Å². The van der Waals surface area contributed by atoms with Crippen LogP contribution in [0.1, 0.15) is 36.8 Å². The molecule has 136 valence electrons. The number of carbonyl (C=O) groups excluding carboxylic acids is 1. The van der Waals surface area contributed by atoms with Crippen molar-refractivity contribution in [3.05, 3.63) is 41.5 Å². The first-order valence-electron chi connectivity index (χ1n) is 8.82. The Labute approximate surface area is 146 Å². The standard InChI is InChI=1S/C19H23F3N2O/c20-19(21,22)16-8-5-15(6-9-16)7-10-18(25)24-13-3-4-17(24)14-23-11-1-2-12-23/h5-10,17H,1-4,11-14H2. The monoisotopic (exact) mass is 352 g/mol. The van der Waals surface area contributed by atoms with E-state index in [1.807, 2.05) is 4.90 Å². The molecule has 3 rings (SSSR count). The molecule has 1 unspecified atom stereocenters. The number of halogens is 3. The summed E-state index contributed by atoms with van der Waals surface area (Å²) in [6.07, 6.45) is 3.23. The first kappa shape index (κ1) is 18.0. The smallest absolute Gasteiger partial charge is 0.335 e. The number of carbonyl (C=O) groups is 1. The molecule has 0 radical (unpaired) electrons. The number of rotatable bonds is 4. The summed E-state index contributed by atoms with van der Waals surface area (Å²) < 4.78 is 37.7. The van der Waals surface area contributed by atoms with E-state index in [-0.39, 0.29) is 11.9 Å². The first-order chi connectivity index (χ1) is 11.9. The molecule has 1 aromatic carbocycles. The summed E-state index contributed by atoms with van der Waals surface area (Å²) in [4.78, 5) is 16.8. The minimum absolute atomic E-state index is 0.0541. The SMILES string of the molecule is O=C(C=Cc1ccc(C(F)(F)F)cc1)N1CCCC1CN1CCCC1. The summed E-state index contributed by atoms with van der Waals surface area (Å²) in [5.41, 5.74) is -0.0853. The maximum absolute atomic E-state index is 12.6. The highest BCUT2D eigenvalue weighted by Crippen LogP contribution is 2.29. The molecule has 0 aliphatic carbocycles. The molecule has 6 heteroatoms. The average Bonchev–Trinajstić information content (AvgIpc) is 3.24. The molecule has 25 heavy (non-hydrogen) atoms. The lowest BCUT2D eigenvalue weighted by molar-refractivity contribution is -0.137. The molecular formula is C19H23F3N2O. The predicted molar refractivity (Wildman–Crippen MR) is 90.9 cm³/mol. The fourth-order valence-corrected chi connectivity index (χ4v) is 3.63. The van der Waals surface area contributed by atoms with Gasteiger partial charge in [0.1, 0.15) is 0 Å². The Morgan fingerprint density at radius 3 is 2.40 bits per heavy atom. The second-order valence-electron chi connectivity index (χ2n) is 6.79. The van der Waals surface area contributed by atoms with Gasteiger partial charge in [0, 0.05) is 25.2 Å². The zero-order chi connectivity index (χ0) is 17.9. The molecule has 0 saturated carbocycles. The molecule has 2 aliphatic rings. The molecule has 1 atom stereocenters. The predicted octanol–water partition coefficient (Wildman–Crippen LogP) is 3.81. The second kappa shape index (κ2) is 7.60. The number of nitrogens with zero attached hydrogens (tertiary/aromatic N) is 2. The van der Waals surface area contributed by atoms with Crippen LogP contribution in [0.4, 0.5) is 13.2 Å². The van der Waals surface area contributed by atoms with Crippen LogP contribution in [0.25, 0.3) is 6.08 Å². The maximum atomic E-state index is 12.6. The zero-order valence-corrected chi connectivity index (χ0v) is 14.1. The van der Waals surface area contributed by atoms with Crippen molar-refractivity contribution in [3.8, 4) is 0 Å². The summed E-state index contributed by atoms with van der Waals surface area (Å²) in [5, 5.41) is 0. The minimum Gasteiger partial charge on any atom is -0.335 e. The molecule has 0 N–H and O–H groups in total. The van der Waals surface area contributed by atoms with Gasteiger partial charge in [-0.3, -0.25) is 4.79 Å².